The van der Waals surface area contributed by atoms with E-state index in [1.54, 1.807) is 17.0 Å². The van der Waals surface area contributed by atoms with Gasteiger partial charge in [0, 0.05) is 28.6 Å². The molecule has 2 amide bonds. The van der Waals surface area contributed by atoms with Crippen LogP contribution >= 0.6 is 34.5 Å². The van der Waals surface area contributed by atoms with Gasteiger partial charge in [0.05, 0.1) is 10.7 Å². The molecule has 1 saturated carbocycles. The molecule has 6 nitrogen and oxygen atoms in total. The number of carbonyl (C=O) groups excluding carboxylic acids is 2. The van der Waals surface area contributed by atoms with Gasteiger partial charge in [0.2, 0.25) is 11.8 Å². The number of nitrogens with zero attached hydrogens (tertiary/aromatic N) is 2. The second-order valence-electron chi connectivity index (χ2n) is 9.58. The quantitative estimate of drug-likeness (QED) is 0.577. The SMILES string of the molecule is CC(C)(C)[C@H](Nc1nc(-c2ccc(Cl)cc2Cl)cs1)C(=O)N1CCC[C@H]1C(=O)NC1CC1. The number of halogens is 2. The Morgan fingerprint density at radius 1 is 1.22 bits per heavy atom. The van der Waals surface area contributed by atoms with Crippen molar-refractivity contribution in [2.45, 2.75) is 64.6 Å². The number of hydrogen-bond donors (Lipinski definition) is 2. The Hall–Kier alpha value is -1.83. The Balaban J connectivity index is 1.52. The van der Waals surface area contributed by atoms with Crippen molar-refractivity contribution in [2.24, 2.45) is 5.41 Å². The van der Waals surface area contributed by atoms with Crippen molar-refractivity contribution in [3.63, 3.8) is 0 Å². The van der Waals surface area contributed by atoms with Crippen LogP contribution in [-0.2, 0) is 9.59 Å². The Morgan fingerprint density at radius 2 is 1.97 bits per heavy atom. The molecule has 1 aliphatic heterocycles. The summed E-state index contributed by atoms with van der Waals surface area (Å²) in [5, 5.41) is 10.0. The first-order valence-corrected chi connectivity index (χ1v) is 12.6. The van der Waals surface area contributed by atoms with Crippen LogP contribution in [0.1, 0.15) is 46.5 Å². The molecule has 1 saturated heterocycles. The van der Waals surface area contributed by atoms with E-state index >= 15 is 0 Å². The molecule has 0 bridgehead atoms. The zero-order valence-corrected chi connectivity index (χ0v) is 20.8. The van der Waals surface area contributed by atoms with Gasteiger partial charge in [-0.2, -0.15) is 0 Å². The number of likely N-dealkylation sites (tertiary alicyclic amines) is 1. The average molecular weight is 495 g/mol. The van der Waals surface area contributed by atoms with Gasteiger partial charge in [0.25, 0.3) is 0 Å². The van der Waals surface area contributed by atoms with E-state index in [1.165, 1.54) is 11.3 Å². The summed E-state index contributed by atoms with van der Waals surface area (Å²) in [5.41, 5.74) is 1.14. The number of nitrogens with one attached hydrogen (secondary N) is 2. The number of aromatic nitrogens is 1. The predicted octanol–water partition coefficient (Wildman–Crippen LogP) is 5.21. The largest absolute Gasteiger partial charge is 0.352 e. The van der Waals surface area contributed by atoms with Crippen LogP contribution in [0.3, 0.4) is 0 Å². The molecule has 9 heteroatoms. The molecule has 2 N–H and O–H groups in total. The van der Waals surface area contributed by atoms with Gasteiger partial charge < -0.3 is 15.5 Å². The number of anilines is 1. The van der Waals surface area contributed by atoms with Crippen LogP contribution in [0.2, 0.25) is 10.0 Å². The lowest BCUT2D eigenvalue weighted by molar-refractivity contribution is -0.140. The number of carbonyl (C=O) groups is 2. The van der Waals surface area contributed by atoms with Crippen molar-refractivity contribution in [3.8, 4) is 11.3 Å². The topological polar surface area (TPSA) is 74.3 Å². The van der Waals surface area contributed by atoms with E-state index in [1.807, 2.05) is 32.2 Å². The molecule has 0 spiro atoms. The highest BCUT2D eigenvalue weighted by atomic mass is 35.5. The molecule has 1 aromatic heterocycles. The van der Waals surface area contributed by atoms with E-state index in [0.29, 0.717) is 28.1 Å². The van der Waals surface area contributed by atoms with Crippen molar-refractivity contribution in [2.75, 3.05) is 11.9 Å². The molecule has 1 aliphatic carbocycles. The summed E-state index contributed by atoms with van der Waals surface area (Å²) in [7, 11) is 0. The van der Waals surface area contributed by atoms with Crippen LogP contribution in [0, 0.1) is 5.41 Å². The minimum Gasteiger partial charge on any atom is -0.352 e. The van der Waals surface area contributed by atoms with Crippen molar-refractivity contribution in [3.05, 3.63) is 33.6 Å². The van der Waals surface area contributed by atoms with Crippen LogP contribution in [0.5, 0.6) is 0 Å². The number of amides is 2. The van der Waals surface area contributed by atoms with Crippen molar-refractivity contribution in [1.29, 1.82) is 0 Å². The van der Waals surface area contributed by atoms with E-state index in [2.05, 4.69) is 15.6 Å². The summed E-state index contributed by atoms with van der Waals surface area (Å²) in [6, 6.07) is 4.67. The van der Waals surface area contributed by atoms with E-state index in [-0.39, 0.29) is 23.3 Å². The second-order valence-corrected chi connectivity index (χ2v) is 11.3. The van der Waals surface area contributed by atoms with Crippen molar-refractivity contribution in [1.82, 2.24) is 15.2 Å². The third-order valence-electron chi connectivity index (χ3n) is 5.85. The smallest absolute Gasteiger partial charge is 0.246 e. The van der Waals surface area contributed by atoms with Crippen LogP contribution in [0.4, 0.5) is 5.13 Å². The van der Waals surface area contributed by atoms with E-state index in [9.17, 15) is 9.59 Å². The highest BCUT2D eigenvalue weighted by Gasteiger charge is 2.42. The van der Waals surface area contributed by atoms with Gasteiger partial charge >= 0.3 is 0 Å². The molecular weight excluding hydrogens is 467 g/mol. The van der Waals surface area contributed by atoms with Gasteiger partial charge in [-0.3, -0.25) is 9.59 Å². The highest BCUT2D eigenvalue weighted by Crippen LogP contribution is 2.34. The van der Waals surface area contributed by atoms with Crippen LogP contribution < -0.4 is 10.6 Å². The Labute approximate surface area is 202 Å². The van der Waals surface area contributed by atoms with Gasteiger partial charge in [-0.15, -0.1) is 11.3 Å². The fourth-order valence-electron chi connectivity index (χ4n) is 3.93. The lowest BCUT2D eigenvalue weighted by Crippen LogP contribution is -2.54. The number of thiazole rings is 1. The number of rotatable bonds is 6. The molecule has 2 aromatic rings. The molecule has 0 radical (unpaired) electrons. The second kappa shape index (κ2) is 9.20. The maximum atomic E-state index is 13.6. The molecule has 2 aliphatic rings. The lowest BCUT2D eigenvalue weighted by Gasteiger charge is -2.35. The van der Waals surface area contributed by atoms with Gasteiger partial charge in [-0.25, -0.2) is 4.98 Å². The monoisotopic (exact) mass is 494 g/mol. The fourth-order valence-corrected chi connectivity index (χ4v) is 5.17. The molecule has 2 fully saturated rings. The standard InChI is InChI=1S/C23H28Cl2N4O2S/c1-23(2,3)19(21(31)29-10-4-5-18(29)20(30)26-14-7-8-14)28-22-27-17(12-32-22)15-9-6-13(24)11-16(15)25/h6,9,11-12,14,18-19H,4-5,7-8,10H2,1-3H3,(H,26,30)(H,27,28)/t18-,19+/m0/s1. The van der Waals surface area contributed by atoms with Crippen LogP contribution in [-0.4, -0.2) is 46.4 Å². The first-order valence-electron chi connectivity index (χ1n) is 10.9. The summed E-state index contributed by atoms with van der Waals surface area (Å²) in [6.45, 7) is 6.65. The van der Waals surface area contributed by atoms with E-state index < -0.39 is 12.1 Å². The molecule has 1 aromatic carbocycles. The normalized spacial score (nSPS) is 19.7. The first-order chi connectivity index (χ1) is 15.1. The Bertz CT molecular complexity index is 1020. The zero-order valence-electron chi connectivity index (χ0n) is 18.5. The summed E-state index contributed by atoms with van der Waals surface area (Å²) >= 11 is 13.8. The molecule has 2 heterocycles. The summed E-state index contributed by atoms with van der Waals surface area (Å²) in [5.74, 6) is -0.0906. The summed E-state index contributed by atoms with van der Waals surface area (Å²) in [6.07, 6.45) is 3.60. The first kappa shape index (κ1) is 23.3. The zero-order chi connectivity index (χ0) is 23.0. The van der Waals surface area contributed by atoms with Crippen LogP contribution in [0.25, 0.3) is 11.3 Å². The minimum atomic E-state index is -0.517. The molecular formula is C23H28Cl2N4O2S. The van der Waals surface area contributed by atoms with Crippen molar-refractivity contribution < 1.29 is 9.59 Å². The third-order valence-corrected chi connectivity index (χ3v) is 7.18. The summed E-state index contributed by atoms with van der Waals surface area (Å²) < 4.78 is 0. The maximum absolute atomic E-state index is 13.6. The molecule has 2 atom stereocenters. The van der Waals surface area contributed by atoms with Gasteiger partial charge in [0.15, 0.2) is 5.13 Å². The lowest BCUT2D eigenvalue weighted by atomic mass is 9.85. The molecule has 4 rings (SSSR count). The van der Waals surface area contributed by atoms with Gasteiger partial charge in [0.1, 0.15) is 12.1 Å². The van der Waals surface area contributed by atoms with Gasteiger partial charge in [-0.1, -0.05) is 44.0 Å². The maximum Gasteiger partial charge on any atom is 0.246 e. The summed E-state index contributed by atoms with van der Waals surface area (Å²) in [4.78, 5) is 32.7. The highest BCUT2D eigenvalue weighted by molar-refractivity contribution is 7.14. The van der Waals surface area contributed by atoms with Crippen LogP contribution in [0.15, 0.2) is 23.6 Å². The predicted molar refractivity (Wildman–Crippen MR) is 130 cm³/mol. The van der Waals surface area contributed by atoms with Gasteiger partial charge in [-0.05, 0) is 49.3 Å². The average Bonchev–Trinajstić information content (AvgIpc) is 3.20. The van der Waals surface area contributed by atoms with E-state index in [0.717, 1.165) is 30.5 Å². The molecule has 172 valence electrons. The van der Waals surface area contributed by atoms with Crippen molar-refractivity contribution >= 4 is 51.5 Å². The number of benzene rings is 1. The fraction of sp³-hybridized carbons (Fsp3) is 0.522. The number of hydrogen-bond acceptors (Lipinski definition) is 5. The molecule has 0 unspecified atom stereocenters. The Kier molecular flexibility index (Phi) is 6.71. The molecule has 32 heavy (non-hydrogen) atoms. The third kappa shape index (κ3) is 5.21. The Morgan fingerprint density at radius 3 is 2.62 bits per heavy atom. The minimum absolute atomic E-state index is 0.0278. The van der Waals surface area contributed by atoms with E-state index in [4.69, 9.17) is 23.2 Å².